The minimum atomic E-state index is -3.14. The fourth-order valence-electron chi connectivity index (χ4n) is 3.58. The lowest BCUT2D eigenvalue weighted by Gasteiger charge is -2.43. The first-order valence-corrected chi connectivity index (χ1v) is 9.86. The van der Waals surface area contributed by atoms with Crippen molar-refractivity contribution in [2.24, 2.45) is 5.41 Å². The van der Waals surface area contributed by atoms with Gasteiger partial charge in [-0.1, -0.05) is 0 Å². The van der Waals surface area contributed by atoms with E-state index in [1.54, 1.807) is 17.4 Å². The molecule has 2 aliphatic rings. The highest BCUT2D eigenvalue weighted by Crippen LogP contribution is 2.35. The van der Waals surface area contributed by atoms with Gasteiger partial charge in [0.15, 0.2) is 0 Å². The van der Waals surface area contributed by atoms with Gasteiger partial charge in [-0.25, -0.2) is 12.7 Å². The maximum Gasteiger partial charge on any atom is 0.213 e. The second-order valence-corrected chi connectivity index (χ2v) is 8.78. The molecule has 0 aromatic carbocycles. The van der Waals surface area contributed by atoms with Crippen molar-refractivity contribution in [3.8, 4) is 0 Å². The van der Waals surface area contributed by atoms with Crippen LogP contribution in [0, 0.1) is 5.41 Å². The van der Waals surface area contributed by atoms with E-state index < -0.39 is 10.0 Å². The number of rotatable bonds is 3. The number of aromatic nitrogens is 1. The molecule has 2 fully saturated rings. The average Bonchev–Trinajstić information content (AvgIpc) is 2.78. The number of pyridine rings is 1. The zero-order valence-electron chi connectivity index (χ0n) is 13.6. The van der Waals surface area contributed by atoms with E-state index in [0.717, 1.165) is 31.6 Å². The monoisotopic (exact) mass is 339 g/mol. The third kappa shape index (κ3) is 3.67. The van der Waals surface area contributed by atoms with Crippen LogP contribution < -0.4 is 4.90 Å². The van der Waals surface area contributed by atoms with Crippen LogP contribution in [0.15, 0.2) is 24.5 Å². The maximum atomic E-state index is 12.3. The Hall–Kier alpha value is -1.18. The third-order valence-corrected chi connectivity index (χ3v) is 6.66. The fourth-order valence-corrected chi connectivity index (χ4v) is 4.83. The van der Waals surface area contributed by atoms with Crippen molar-refractivity contribution >= 4 is 15.7 Å². The Morgan fingerprint density at radius 2 is 2.22 bits per heavy atom. The Bertz CT molecular complexity index is 623. The van der Waals surface area contributed by atoms with E-state index in [1.807, 2.05) is 12.3 Å². The molecule has 0 N–H and O–H groups in total. The molecule has 3 heterocycles. The van der Waals surface area contributed by atoms with Crippen molar-refractivity contribution in [1.82, 2.24) is 9.29 Å². The van der Waals surface area contributed by atoms with Crippen LogP contribution in [0.25, 0.3) is 0 Å². The molecular weight excluding hydrogens is 314 g/mol. The molecule has 0 radical (unpaired) electrons. The molecule has 128 valence electrons. The highest BCUT2D eigenvalue weighted by Gasteiger charge is 2.41. The lowest BCUT2D eigenvalue weighted by molar-refractivity contribution is 0.0351. The quantitative estimate of drug-likeness (QED) is 0.832. The minimum absolute atomic E-state index is 0.132. The highest BCUT2D eigenvalue weighted by molar-refractivity contribution is 7.89. The molecule has 1 aromatic rings. The fraction of sp³-hybridized carbons (Fsp3) is 0.688. The lowest BCUT2D eigenvalue weighted by atomic mass is 9.81. The van der Waals surface area contributed by atoms with Crippen LogP contribution in [-0.4, -0.2) is 62.9 Å². The summed E-state index contributed by atoms with van der Waals surface area (Å²) in [5, 5.41) is 0. The summed E-state index contributed by atoms with van der Waals surface area (Å²) in [6.07, 6.45) is 5.52. The SMILES string of the molecule is CCS(=O)(=O)N1CCCC2(COCCN(c3cccnc3)C2)C1. The van der Waals surface area contributed by atoms with Gasteiger partial charge in [0, 0.05) is 37.8 Å². The molecule has 1 spiro atoms. The van der Waals surface area contributed by atoms with Gasteiger partial charge in [0.1, 0.15) is 0 Å². The Morgan fingerprint density at radius 3 is 2.96 bits per heavy atom. The van der Waals surface area contributed by atoms with Crippen LogP contribution in [0.1, 0.15) is 19.8 Å². The van der Waals surface area contributed by atoms with E-state index >= 15 is 0 Å². The van der Waals surface area contributed by atoms with Crippen LogP contribution in [0.4, 0.5) is 5.69 Å². The first-order valence-electron chi connectivity index (χ1n) is 8.25. The number of ether oxygens (including phenoxy) is 1. The lowest BCUT2D eigenvalue weighted by Crippen LogP contribution is -2.52. The summed E-state index contributed by atoms with van der Waals surface area (Å²) in [4.78, 5) is 6.48. The zero-order chi connectivity index (χ0) is 16.3. The Morgan fingerprint density at radius 1 is 1.35 bits per heavy atom. The summed E-state index contributed by atoms with van der Waals surface area (Å²) < 4.78 is 32.1. The molecule has 0 saturated carbocycles. The van der Waals surface area contributed by atoms with Crippen LogP contribution in [0.3, 0.4) is 0 Å². The molecule has 3 rings (SSSR count). The van der Waals surface area contributed by atoms with E-state index in [-0.39, 0.29) is 11.2 Å². The van der Waals surface area contributed by atoms with Crippen LogP contribution >= 0.6 is 0 Å². The molecule has 0 aliphatic carbocycles. The molecular formula is C16H25N3O3S. The first kappa shape index (κ1) is 16.7. The van der Waals surface area contributed by atoms with Crippen molar-refractivity contribution in [2.75, 3.05) is 50.0 Å². The van der Waals surface area contributed by atoms with Gasteiger partial charge >= 0.3 is 0 Å². The van der Waals surface area contributed by atoms with Gasteiger partial charge in [-0.3, -0.25) is 4.98 Å². The topological polar surface area (TPSA) is 62.7 Å². The molecule has 2 aliphatic heterocycles. The summed E-state index contributed by atoms with van der Waals surface area (Å²) >= 11 is 0. The zero-order valence-corrected chi connectivity index (χ0v) is 14.5. The summed E-state index contributed by atoms with van der Waals surface area (Å²) in [6, 6.07) is 3.98. The maximum absolute atomic E-state index is 12.3. The normalized spacial score (nSPS) is 27.1. The van der Waals surface area contributed by atoms with Gasteiger partial charge in [0.05, 0.1) is 30.9 Å². The van der Waals surface area contributed by atoms with Gasteiger partial charge in [0.25, 0.3) is 0 Å². The van der Waals surface area contributed by atoms with Crippen molar-refractivity contribution < 1.29 is 13.2 Å². The number of hydrogen-bond acceptors (Lipinski definition) is 5. The van der Waals surface area contributed by atoms with Gasteiger partial charge in [0.2, 0.25) is 10.0 Å². The average molecular weight is 339 g/mol. The summed E-state index contributed by atoms with van der Waals surface area (Å²) in [5.74, 6) is 0.163. The summed E-state index contributed by atoms with van der Waals surface area (Å²) in [6.45, 7) is 5.81. The van der Waals surface area contributed by atoms with E-state index in [0.29, 0.717) is 26.3 Å². The predicted molar refractivity (Wildman–Crippen MR) is 90.0 cm³/mol. The molecule has 1 aromatic heterocycles. The molecule has 0 amide bonds. The Labute approximate surface area is 138 Å². The highest BCUT2D eigenvalue weighted by atomic mass is 32.2. The molecule has 0 bridgehead atoms. The molecule has 1 unspecified atom stereocenters. The van der Waals surface area contributed by atoms with E-state index in [4.69, 9.17) is 4.74 Å². The van der Waals surface area contributed by atoms with E-state index in [9.17, 15) is 8.42 Å². The van der Waals surface area contributed by atoms with E-state index in [1.165, 1.54) is 0 Å². The van der Waals surface area contributed by atoms with Crippen molar-refractivity contribution in [3.63, 3.8) is 0 Å². The largest absolute Gasteiger partial charge is 0.379 e. The third-order valence-electron chi connectivity index (χ3n) is 4.84. The molecule has 2 saturated heterocycles. The molecule has 7 heteroatoms. The van der Waals surface area contributed by atoms with E-state index in [2.05, 4.69) is 16.0 Å². The van der Waals surface area contributed by atoms with Crippen molar-refractivity contribution in [2.45, 2.75) is 19.8 Å². The number of piperidine rings is 1. The summed E-state index contributed by atoms with van der Waals surface area (Å²) in [5.41, 5.74) is 0.945. The smallest absolute Gasteiger partial charge is 0.213 e. The number of anilines is 1. The predicted octanol–water partition coefficient (Wildman–Crippen LogP) is 1.35. The van der Waals surface area contributed by atoms with Crippen LogP contribution in [0.5, 0.6) is 0 Å². The second-order valence-electron chi connectivity index (χ2n) is 6.52. The number of nitrogens with zero attached hydrogens (tertiary/aromatic N) is 3. The van der Waals surface area contributed by atoms with Crippen LogP contribution in [0.2, 0.25) is 0 Å². The van der Waals surface area contributed by atoms with Gasteiger partial charge in [-0.2, -0.15) is 0 Å². The number of sulfonamides is 1. The molecule has 1 atom stereocenters. The van der Waals surface area contributed by atoms with Crippen LogP contribution in [-0.2, 0) is 14.8 Å². The van der Waals surface area contributed by atoms with Gasteiger partial charge < -0.3 is 9.64 Å². The Balaban J connectivity index is 1.82. The Kier molecular flexibility index (Phi) is 4.89. The standard InChI is InChI=1S/C16H25N3O3S/c1-2-23(20,21)19-8-4-6-16(13-19)12-18(9-10-22-14-16)15-5-3-7-17-11-15/h3,5,7,11H,2,4,6,8-10,12-14H2,1H3. The van der Waals surface area contributed by atoms with Crippen molar-refractivity contribution in [1.29, 1.82) is 0 Å². The minimum Gasteiger partial charge on any atom is -0.379 e. The number of hydrogen-bond donors (Lipinski definition) is 0. The van der Waals surface area contributed by atoms with Gasteiger partial charge in [-0.15, -0.1) is 0 Å². The summed E-state index contributed by atoms with van der Waals surface area (Å²) in [7, 11) is -3.14. The molecule has 6 nitrogen and oxygen atoms in total. The molecule has 23 heavy (non-hydrogen) atoms. The second kappa shape index (κ2) is 6.75. The van der Waals surface area contributed by atoms with Gasteiger partial charge in [-0.05, 0) is 31.9 Å². The first-order chi connectivity index (χ1) is 11.0. The van der Waals surface area contributed by atoms with Crippen molar-refractivity contribution in [3.05, 3.63) is 24.5 Å².